The summed E-state index contributed by atoms with van der Waals surface area (Å²) in [6.45, 7) is 8.63. The minimum atomic E-state index is 0.350. The minimum Gasteiger partial charge on any atom is -0.492 e. The van der Waals surface area contributed by atoms with E-state index in [0.29, 0.717) is 12.9 Å². The predicted molar refractivity (Wildman–Crippen MR) is 97.2 cm³/mol. The maximum absolute atomic E-state index is 5.99. The van der Waals surface area contributed by atoms with E-state index in [1.807, 2.05) is 0 Å². The molecule has 0 spiro atoms. The van der Waals surface area contributed by atoms with Gasteiger partial charge in [0.15, 0.2) is 0 Å². The summed E-state index contributed by atoms with van der Waals surface area (Å²) in [6, 6.07) is 6.62. The smallest absolute Gasteiger partial charge is 0.147 e. The molecule has 2 saturated heterocycles. The van der Waals surface area contributed by atoms with Gasteiger partial charge in [-0.25, -0.2) is 0 Å². The Hall–Kier alpha value is -1.14. The largest absolute Gasteiger partial charge is 0.492 e. The van der Waals surface area contributed by atoms with Gasteiger partial charge in [-0.2, -0.15) is 0 Å². The molecule has 5 heteroatoms. The molecule has 2 heterocycles. The van der Waals surface area contributed by atoms with Crippen molar-refractivity contribution in [2.75, 3.05) is 59.3 Å². The molecule has 0 N–H and O–H groups in total. The zero-order valence-corrected chi connectivity index (χ0v) is 15.1. The summed E-state index contributed by atoms with van der Waals surface area (Å²) >= 11 is 0. The number of nitrogens with zero attached hydrogens (tertiary/aromatic N) is 2. The normalized spacial score (nSPS) is 25.0. The van der Waals surface area contributed by atoms with Crippen molar-refractivity contribution in [3.63, 3.8) is 0 Å². The minimum absolute atomic E-state index is 0.350. The Morgan fingerprint density at radius 2 is 1.88 bits per heavy atom. The van der Waals surface area contributed by atoms with Crippen molar-refractivity contribution in [1.82, 2.24) is 9.80 Å². The highest BCUT2D eigenvalue weighted by Crippen LogP contribution is 2.26. The average molecular weight is 346 g/mol. The van der Waals surface area contributed by atoms with Crippen molar-refractivity contribution in [3.8, 4) is 5.75 Å². The molecule has 1 atom stereocenters. The van der Waals surface area contributed by atoms with Crippen molar-refractivity contribution >= 4 is 0 Å². The maximum atomic E-state index is 5.99. The van der Waals surface area contributed by atoms with Crippen LogP contribution in [0.2, 0.25) is 0 Å². The molecule has 3 aliphatic rings. The fourth-order valence-electron chi connectivity index (χ4n) is 4.06. The van der Waals surface area contributed by atoms with Gasteiger partial charge in [0.25, 0.3) is 0 Å². The van der Waals surface area contributed by atoms with Gasteiger partial charge in [0.1, 0.15) is 19.1 Å². The first-order chi connectivity index (χ1) is 12.4. The van der Waals surface area contributed by atoms with E-state index in [1.54, 1.807) is 0 Å². The van der Waals surface area contributed by atoms with Crippen LogP contribution in [-0.2, 0) is 22.3 Å². The summed E-state index contributed by atoms with van der Waals surface area (Å²) in [5.41, 5.74) is 3.00. The summed E-state index contributed by atoms with van der Waals surface area (Å²) < 4.78 is 16.9. The molecule has 2 aliphatic heterocycles. The van der Waals surface area contributed by atoms with Crippen LogP contribution in [0.3, 0.4) is 0 Å². The molecule has 138 valence electrons. The summed E-state index contributed by atoms with van der Waals surface area (Å²) in [5.74, 6) is 1.04. The van der Waals surface area contributed by atoms with Crippen LogP contribution in [0, 0.1) is 0 Å². The first-order valence-electron chi connectivity index (χ1n) is 9.75. The quantitative estimate of drug-likeness (QED) is 0.786. The number of hydrogen-bond acceptors (Lipinski definition) is 5. The Labute approximate surface area is 150 Å². The molecule has 25 heavy (non-hydrogen) atoms. The van der Waals surface area contributed by atoms with Crippen LogP contribution < -0.4 is 4.74 Å². The molecular formula is C20H30N2O3. The molecule has 1 aromatic carbocycles. The summed E-state index contributed by atoms with van der Waals surface area (Å²) in [6.07, 6.45) is 5.12. The van der Waals surface area contributed by atoms with Gasteiger partial charge in [-0.05, 0) is 48.9 Å². The summed E-state index contributed by atoms with van der Waals surface area (Å²) in [7, 11) is 0. The Bertz CT molecular complexity index is 552. The fraction of sp³-hybridized carbons (Fsp3) is 0.700. The van der Waals surface area contributed by atoms with E-state index < -0.39 is 0 Å². The Morgan fingerprint density at radius 1 is 1.04 bits per heavy atom. The van der Waals surface area contributed by atoms with Gasteiger partial charge in [-0.15, -0.1) is 0 Å². The van der Waals surface area contributed by atoms with Gasteiger partial charge in [0, 0.05) is 39.3 Å². The van der Waals surface area contributed by atoms with Gasteiger partial charge in [0.05, 0.1) is 12.7 Å². The molecule has 0 aromatic heterocycles. The molecule has 2 fully saturated rings. The van der Waals surface area contributed by atoms with Crippen molar-refractivity contribution in [2.24, 2.45) is 0 Å². The van der Waals surface area contributed by atoms with E-state index >= 15 is 0 Å². The van der Waals surface area contributed by atoms with Crippen LogP contribution in [-0.4, -0.2) is 75.2 Å². The summed E-state index contributed by atoms with van der Waals surface area (Å²) in [5, 5.41) is 0. The van der Waals surface area contributed by atoms with E-state index in [2.05, 4.69) is 28.0 Å². The van der Waals surface area contributed by atoms with E-state index in [-0.39, 0.29) is 0 Å². The molecule has 4 rings (SSSR count). The van der Waals surface area contributed by atoms with Crippen LogP contribution in [0.1, 0.15) is 24.0 Å². The first kappa shape index (κ1) is 17.3. The second kappa shape index (κ2) is 8.49. The Balaban J connectivity index is 1.14. The Morgan fingerprint density at radius 3 is 2.72 bits per heavy atom. The van der Waals surface area contributed by atoms with Gasteiger partial charge >= 0.3 is 0 Å². The topological polar surface area (TPSA) is 34.2 Å². The van der Waals surface area contributed by atoms with Gasteiger partial charge in [-0.1, -0.05) is 6.07 Å². The van der Waals surface area contributed by atoms with Crippen LogP contribution in [0.5, 0.6) is 5.75 Å². The van der Waals surface area contributed by atoms with E-state index in [9.17, 15) is 0 Å². The molecule has 1 aromatic rings. The molecular weight excluding hydrogens is 316 g/mol. The van der Waals surface area contributed by atoms with Gasteiger partial charge < -0.3 is 14.2 Å². The average Bonchev–Trinajstić information content (AvgIpc) is 3.12. The molecule has 0 radical (unpaired) electrons. The monoisotopic (exact) mass is 346 g/mol. The third-order valence-electron chi connectivity index (χ3n) is 5.64. The number of rotatable bonds is 6. The highest BCUT2D eigenvalue weighted by molar-refractivity contribution is 5.38. The van der Waals surface area contributed by atoms with Crippen molar-refractivity contribution in [3.05, 3.63) is 29.3 Å². The second-order valence-corrected chi connectivity index (χ2v) is 7.38. The van der Waals surface area contributed by atoms with Crippen LogP contribution in [0.25, 0.3) is 0 Å². The number of fused-ring (bicyclic) bond motifs is 1. The SMILES string of the molecule is c1cc2c(cc1OCCN1CCN(C[C@@H]3CCOCO3)CC1)CCC2. The number of benzene rings is 1. The molecule has 0 bridgehead atoms. The molecule has 0 amide bonds. The fourth-order valence-corrected chi connectivity index (χ4v) is 4.06. The highest BCUT2D eigenvalue weighted by Gasteiger charge is 2.22. The van der Waals surface area contributed by atoms with Crippen molar-refractivity contribution < 1.29 is 14.2 Å². The predicted octanol–water partition coefficient (Wildman–Crippen LogP) is 1.93. The number of aryl methyl sites for hydroxylation is 2. The van der Waals surface area contributed by atoms with Crippen LogP contribution in [0.4, 0.5) is 0 Å². The van der Waals surface area contributed by atoms with E-state index in [4.69, 9.17) is 14.2 Å². The zero-order valence-electron chi connectivity index (χ0n) is 15.1. The molecule has 0 saturated carbocycles. The van der Waals surface area contributed by atoms with Crippen LogP contribution in [0.15, 0.2) is 18.2 Å². The first-order valence-corrected chi connectivity index (χ1v) is 9.75. The third kappa shape index (κ3) is 4.73. The second-order valence-electron chi connectivity index (χ2n) is 7.38. The lowest BCUT2D eigenvalue weighted by Gasteiger charge is -2.37. The summed E-state index contributed by atoms with van der Waals surface area (Å²) in [4.78, 5) is 5.03. The van der Waals surface area contributed by atoms with Gasteiger partial charge in [-0.3, -0.25) is 9.80 Å². The van der Waals surface area contributed by atoms with Crippen molar-refractivity contribution in [1.29, 1.82) is 0 Å². The molecule has 0 unspecified atom stereocenters. The molecule has 1 aliphatic carbocycles. The van der Waals surface area contributed by atoms with E-state index in [0.717, 1.165) is 64.7 Å². The number of piperazine rings is 1. The van der Waals surface area contributed by atoms with Crippen molar-refractivity contribution in [2.45, 2.75) is 31.8 Å². The third-order valence-corrected chi connectivity index (χ3v) is 5.64. The lowest BCUT2D eigenvalue weighted by Crippen LogP contribution is -2.50. The number of hydrogen-bond donors (Lipinski definition) is 0. The maximum Gasteiger partial charge on any atom is 0.147 e. The molecule has 5 nitrogen and oxygen atoms in total. The lowest BCUT2D eigenvalue weighted by molar-refractivity contribution is -0.145. The number of ether oxygens (including phenoxy) is 3. The lowest BCUT2D eigenvalue weighted by atomic mass is 10.1. The van der Waals surface area contributed by atoms with Crippen LogP contribution >= 0.6 is 0 Å². The zero-order chi connectivity index (χ0) is 16.9. The van der Waals surface area contributed by atoms with E-state index in [1.165, 1.54) is 30.4 Å². The Kier molecular flexibility index (Phi) is 5.87. The highest BCUT2D eigenvalue weighted by atomic mass is 16.7. The van der Waals surface area contributed by atoms with Gasteiger partial charge in [0.2, 0.25) is 0 Å². The standard InChI is InChI=1S/C20H30N2O3/c1-2-17-4-5-19(14-18(17)3-1)24-13-11-21-7-9-22(10-8-21)15-20-6-12-23-16-25-20/h4-5,14,20H,1-3,6-13,15-16H2/t20-/m0/s1.